The molecule has 1 aliphatic rings. The van der Waals surface area contributed by atoms with E-state index < -0.39 is 13.3 Å². The van der Waals surface area contributed by atoms with Gasteiger partial charge in [-0.05, 0) is 35.0 Å². The molecule has 4 nitrogen and oxygen atoms in total. The van der Waals surface area contributed by atoms with Crippen LogP contribution in [0.3, 0.4) is 0 Å². The third kappa shape index (κ3) is 3.82. The molecule has 30 heavy (non-hydrogen) atoms. The quantitative estimate of drug-likeness (QED) is 0.282. The van der Waals surface area contributed by atoms with Crippen molar-refractivity contribution in [2.75, 3.05) is 0 Å². The van der Waals surface area contributed by atoms with Crippen LogP contribution in [0.2, 0.25) is 0 Å². The zero-order valence-electron chi connectivity index (χ0n) is 15.7. The van der Waals surface area contributed by atoms with Crippen LogP contribution in [0.1, 0.15) is 16.8 Å². The normalized spacial score (nSPS) is 15.6. The molecule has 1 atom stereocenters. The smallest absolute Gasteiger partial charge is 0.442 e. The molecule has 0 N–H and O–H groups in total. The van der Waals surface area contributed by atoms with Gasteiger partial charge in [0, 0.05) is 21.9 Å². The van der Waals surface area contributed by atoms with Crippen molar-refractivity contribution in [3.05, 3.63) is 105 Å². The number of hydrogen-bond acceptors (Lipinski definition) is 6. The molecular weight excluding hydrogens is 435 g/mol. The Morgan fingerprint density at radius 2 is 1.43 bits per heavy atom. The van der Waals surface area contributed by atoms with Crippen LogP contribution in [0.4, 0.5) is 0 Å². The Kier molecular flexibility index (Phi) is 5.21. The molecule has 0 saturated carbocycles. The zero-order chi connectivity index (χ0) is 20.4. The predicted octanol–water partition coefficient (Wildman–Crippen LogP) is 7.64. The number of thiophene rings is 2. The Hall–Kier alpha value is -2.79. The molecule has 0 amide bonds. The summed E-state index contributed by atoms with van der Waals surface area (Å²) < 4.78 is 32.5. The number of ether oxygens (including phenoxy) is 1. The summed E-state index contributed by atoms with van der Waals surface area (Å²) in [6, 6.07) is 20.9. The number of allylic oxidation sites excluding steroid dienone is 1. The maximum atomic E-state index is 14.3. The van der Waals surface area contributed by atoms with Crippen molar-refractivity contribution in [2.45, 2.75) is 5.66 Å². The van der Waals surface area contributed by atoms with Gasteiger partial charge in [0.05, 0.1) is 0 Å². The van der Waals surface area contributed by atoms with Gasteiger partial charge in [0.2, 0.25) is 0 Å². The number of hydrogen-bond donors (Lipinski definition) is 0. The minimum absolute atomic E-state index is 0.525. The van der Waals surface area contributed by atoms with E-state index in [-0.39, 0.29) is 0 Å². The maximum absolute atomic E-state index is 14.3. The molecule has 0 bridgehead atoms. The van der Waals surface area contributed by atoms with Gasteiger partial charge in [0.25, 0.3) is 0 Å². The lowest BCUT2D eigenvalue weighted by atomic mass is 10.0. The molecule has 7 heteroatoms. The summed E-state index contributed by atoms with van der Waals surface area (Å²) in [6.07, 6.45) is 1.84. The third-order valence-corrected chi connectivity index (χ3v) is 7.98. The van der Waals surface area contributed by atoms with Crippen LogP contribution < -0.4 is 13.8 Å². The van der Waals surface area contributed by atoms with E-state index in [1.54, 1.807) is 12.1 Å². The Labute approximate surface area is 182 Å². The first-order chi connectivity index (χ1) is 14.7. The predicted molar refractivity (Wildman–Crippen MR) is 122 cm³/mol. The van der Waals surface area contributed by atoms with Gasteiger partial charge in [0.1, 0.15) is 28.7 Å². The fourth-order valence-electron chi connectivity index (χ4n) is 3.26. The van der Waals surface area contributed by atoms with Gasteiger partial charge in [-0.15, -0.1) is 22.7 Å². The molecule has 5 rings (SSSR count). The van der Waals surface area contributed by atoms with Crippen LogP contribution in [0.25, 0.3) is 5.76 Å². The van der Waals surface area contributed by atoms with E-state index in [0.29, 0.717) is 23.0 Å². The van der Waals surface area contributed by atoms with Gasteiger partial charge in [-0.25, -0.2) is 4.57 Å². The molecule has 1 unspecified atom stereocenters. The van der Waals surface area contributed by atoms with Crippen molar-refractivity contribution < 1.29 is 18.3 Å². The van der Waals surface area contributed by atoms with Gasteiger partial charge < -0.3 is 13.8 Å². The summed E-state index contributed by atoms with van der Waals surface area (Å²) in [5, 5.41) is 7.40. The highest BCUT2D eigenvalue weighted by Gasteiger charge is 2.43. The van der Waals surface area contributed by atoms with Crippen molar-refractivity contribution in [3.8, 4) is 17.2 Å². The minimum Gasteiger partial charge on any atom is -0.457 e. The van der Waals surface area contributed by atoms with E-state index in [2.05, 4.69) is 0 Å². The number of para-hydroxylation sites is 1. The number of fused-ring (bicyclic) bond motifs is 1. The summed E-state index contributed by atoms with van der Waals surface area (Å²) in [6.45, 7) is 0. The highest BCUT2D eigenvalue weighted by Crippen LogP contribution is 2.64. The second-order valence-electron chi connectivity index (χ2n) is 6.62. The summed E-state index contributed by atoms with van der Waals surface area (Å²) in [7, 11) is -3.71. The van der Waals surface area contributed by atoms with Crippen molar-refractivity contribution in [3.63, 3.8) is 0 Å². The molecule has 150 valence electrons. The molecule has 4 aromatic rings. The Balaban J connectivity index is 1.63. The van der Waals surface area contributed by atoms with Crippen LogP contribution in [0, 0.1) is 0 Å². The molecule has 1 aliphatic heterocycles. The molecule has 0 spiro atoms. The number of rotatable bonds is 6. The fourth-order valence-corrected chi connectivity index (χ4v) is 6.45. The van der Waals surface area contributed by atoms with E-state index in [1.165, 1.54) is 22.7 Å². The van der Waals surface area contributed by atoms with Crippen LogP contribution in [-0.4, -0.2) is 0 Å². The van der Waals surface area contributed by atoms with Gasteiger partial charge >= 0.3 is 7.60 Å². The Morgan fingerprint density at radius 1 is 0.800 bits per heavy atom. The highest BCUT2D eigenvalue weighted by atomic mass is 32.1. The van der Waals surface area contributed by atoms with Crippen LogP contribution in [0.5, 0.6) is 17.2 Å². The number of benzene rings is 2. The van der Waals surface area contributed by atoms with Crippen LogP contribution >= 0.6 is 30.3 Å². The second-order valence-corrected chi connectivity index (χ2v) is 10.2. The van der Waals surface area contributed by atoms with Gasteiger partial charge in [0.15, 0.2) is 0 Å². The molecule has 2 aromatic heterocycles. The second kappa shape index (κ2) is 8.15. The summed E-state index contributed by atoms with van der Waals surface area (Å²) in [5.74, 6) is 2.32. The largest absolute Gasteiger partial charge is 0.457 e. The zero-order valence-corrected chi connectivity index (χ0v) is 18.2. The Bertz CT molecular complexity index is 1160. The topological polar surface area (TPSA) is 44.8 Å². The van der Waals surface area contributed by atoms with Crippen LogP contribution in [-0.2, 0) is 4.57 Å². The lowest BCUT2D eigenvalue weighted by Gasteiger charge is -2.30. The first-order valence-electron chi connectivity index (χ1n) is 9.29. The summed E-state index contributed by atoms with van der Waals surface area (Å²) in [5.41, 5.74) is 1.04. The highest BCUT2D eigenvalue weighted by molar-refractivity contribution is 7.55. The van der Waals surface area contributed by atoms with E-state index in [1.807, 2.05) is 82.2 Å². The SMILES string of the molecule is O=P(Oc1ccsc1)(Oc1ccsc1)C1C=C(c2ccccc2)Oc2ccccc21. The maximum Gasteiger partial charge on any atom is 0.442 e. The average molecular weight is 452 g/mol. The van der Waals surface area contributed by atoms with Crippen LogP contribution in [0.15, 0.2) is 94.3 Å². The van der Waals surface area contributed by atoms with Gasteiger partial charge in [-0.2, -0.15) is 0 Å². The Morgan fingerprint density at radius 3 is 2.07 bits per heavy atom. The molecule has 2 aromatic carbocycles. The monoisotopic (exact) mass is 452 g/mol. The lowest BCUT2D eigenvalue weighted by Crippen LogP contribution is -2.14. The molecule has 3 heterocycles. The summed E-state index contributed by atoms with van der Waals surface area (Å²) in [4.78, 5) is 0. The van der Waals surface area contributed by atoms with E-state index in [0.717, 1.165) is 11.1 Å². The van der Waals surface area contributed by atoms with Crippen molar-refractivity contribution in [1.82, 2.24) is 0 Å². The lowest BCUT2D eigenvalue weighted by molar-refractivity contribution is 0.376. The summed E-state index contributed by atoms with van der Waals surface area (Å²) >= 11 is 2.96. The van der Waals surface area contributed by atoms with E-state index in [4.69, 9.17) is 13.8 Å². The van der Waals surface area contributed by atoms with Gasteiger partial charge in [-0.1, -0.05) is 48.5 Å². The third-order valence-electron chi connectivity index (χ3n) is 4.62. The van der Waals surface area contributed by atoms with E-state index >= 15 is 0 Å². The first-order valence-corrected chi connectivity index (χ1v) is 12.8. The molecule has 0 fully saturated rings. The van der Waals surface area contributed by atoms with E-state index in [9.17, 15) is 4.57 Å². The first kappa shape index (κ1) is 19.2. The molecule has 0 radical (unpaired) electrons. The molecular formula is C23H17O4PS2. The fraction of sp³-hybridized carbons (Fsp3) is 0.0435. The van der Waals surface area contributed by atoms with Gasteiger partial charge in [-0.3, -0.25) is 0 Å². The molecule has 0 aliphatic carbocycles. The minimum atomic E-state index is -3.71. The van der Waals surface area contributed by atoms with Crippen molar-refractivity contribution in [1.29, 1.82) is 0 Å². The van der Waals surface area contributed by atoms with Crippen molar-refractivity contribution >= 4 is 36.0 Å². The standard InChI is InChI=1S/C23H17O4PS2/c24-28(26-18-10-12-29-15-18,27-19-11-13-30-16-19)23-14-22(17-6-2-1-3-7-17)25-21-9-5-4-8-20(21)23/h1-16,23H. The van der Waals surface area contributed by atoms with Crippen molar-refractivity contribution in [2.24, 2.45) is 0 Å². The molecule has 0 saturated heterocycles. The average Bonchev–Trinajstić information content (AvgIpc) is 3.48.